The first-order valence-electron chi connectivity index (χ1n) is 7.35. The number of ether oxygens (including phenoxy) is 1. The molecule has 0 bridgehead atoms. The Morgan fingerprint density at radius 3 is 2.36 bits per heavy atom. The summed E-state index contributed by atoms with van der Waals surface area (Å²) in [5.41, 5.74) is 2.70. The van der Waals surface area contributed by atoms with E-state index in [2.05, 4.69) is 41.4 Å². The average molecular weight is 628 g/mol. The molecule has 3 aromatic rings. The van der Waals surface area contributed by atoms with Crippen LogP contribution in [0, 0.1) is 6.07 Å². The molecule has 0 fully saturated rings. The second-order valence-corrected chi connectivity index (χ2v) is 6.46. The van der Waals surface area contributed by atoms with Gasteiger partial charge in [0.15, 0.2) is 0 Å². The van der Waals surface area contributed by atoms with Crippen LogP contribution in [0.5, 0.6) is 5.75 Å². The molecule has 0 atom stereocenters. The van der Waals surface area contributed by atoms with E-state index in [1.54, 1.807) is 27.5 Å². The van der Waals surface area contributed by atoms with Crippen LogP contribution >= 0.6 is 54.5 Å². The number of aryl methyl sites for hydroxylation is 1. The van der Waals surface area contributed by atoms with Gasteiger partial charge in [0, 0.05) is 27.4 Å². The minimum atomic E-state index is 0.660. The molecule has 2 aromatic carbocycles. The molecule has 1 aromatic heterocycles. The first-order chi connectivity index (χ1) is 12.2. The summed E-state index contributed by atoms with van der Waals surface area (Å²) in [7, 11) is 1.67. The Morgan fingerprint density at radius 1 is 1.08 bits per heavy atom. The van der Waals surface area contributed by atoms with Crippen LogP contribution < -0.4 is 4.74 Å². The molecule has 0 radical (unpaired) electrons. The fourth-order valence-corrected chi connectivity index (χ4v) is 3.18. The van der Waals surface area contributed by atoms with Gasteiger partial charge in [-0.05, 0) is 17.7 Å². The van der Waals surface area contributed by atoms with Crippen molar-refractivity contribution in [1.29, 1.82) is 0 Å². The fourth-order valence-electron chi connectivity index (χ4n) is 2.47. The second-order valence-electron chi connectivity index (χ2n) is 4.97. The van der Waals surface area contributed by atoms with E-state index in [1.807, 2.05) is 48.5 Å². The van der Waals surface area contributed by atoms with Crippen molar-refractivity contribution in [2.24, 2.45) is 0 Å². The number of furan rings is 1. The van der Waals surface area contributed by atoms with Gasteiger partial charge >= 0.3 is 33.1 Å². The predicted octanol–water partition coefficient (Wildman–Crippen LogP) is 6.94. The standard InChI is InChI=1S/C19H15ClIO2.Cu.HI/c1-22-18-9-5-3-6-14(18)16-12-13(10-11-21)23-19(16)15-7-2-4-8-17(15)20;;/h2-9H,10-11H2,1H3;;1H/q-1;+2;/p-1. The Morgan fingerprint density at radius 2 is 1.72 bits per heavy atom. The summed E-state index contributed by atoms with van der Waals surface area (Å²) in [6.07, 6.45) is 0.827. The number of hydrogen-bond donors (Lipinski definition) is 0. The second kappa shape index (κ2) is 10.8. The molecule has 0 aliphatic carbocycles. The number of hydrogen-bond acceptors (Lipinski definition) is 2. The molecule has 0 spiro atoms. The van der Waals surface area contributed by atoms with Crippen LogP contribution in [0.1, 0.15) is 5.76 Å². The van der Waals surface area contributed by atoms with Gasteiger partial charge in [0.1, 0.15) is 0 Å². The van der Waals surface area contributed by atoms with Crippen LogP contribution in [0.4, 0.5) is 0 Å². The number of rotatable bonds is 5. The summed E-state index contributed by atoms with van der Waals surface area (Å²) < 4.78 is 12.5. The Kier molecular flexibility index (Phi) is 9.13. The molecular formula is C19H15ClCuI2O2. The minimum absolute atomic E-state index is 0.660. The molecule has 1 heterocycles. The van der Waals surface area contributed by atoms with Crippen molar-refractivity contribution in [3.05, 3.63) is 65.4 Å². The average Bonchev–Trinajstić information content (AvgIpc) is 3.07. The summed E-state index contributed by atoms with van der Waals surface area (Å²) in [5, 5.41) is 0.660. The van der Waals surface area contributed by atoms with Crippen LogP contribution in [-0.4, -0.2) is 11.5 Å². The molecule has 0 aliphatic rings. The van der Waals surface area contributed by atoms with Gasteiger partial charge < -0.3 is 9.15 Å². The van der Waals surface area contributed by atoms with Gasteiger partial charge in [-0.1, -0.05) is 70.1 Å². The normalized spacial score (nSPS) is 10.2. The van der Waals surface area contributed by atoms with Crippen molar-refractivity contribution in [3.8, 4) is 28.2 Å². The van der Waals surface area contributed by atoms with Gasteiger partial charge in [-0.25, -0.2) is 0 Å². The zero-order valence-electron chi connectivity index (χ0n) is 13.3. The van der Waals surface area contributed by atoms with Gasteiger partial charge in [-0.3, -0.25) is 0 Å². The monoisotopic (exact) mass is 627 g/mol. The third kappa shape index (κ3) is 5.16. The Hall–Kier alpha value is -0.211. The number of benzene rings is 2. The van der Waals surface area contributed by atoms with Crippen molar-refractivity contribution < 1.29 is 21.9 Å². The molecular weight excluding hydrogens is 613 g/mol. The molecule has 0 unspecified atom stereocenters. The molecule has 0 saturated carbocycles. The quantitative estimate of drug-likeness (QED) is 0.132. The third-order valence-corrected chi connectivity index (χ3v) is 4.40. The maximum atomic E-state index is 6.37. The molecule has 25 heavy (non-hydrogen) atoms. The van der Waals surface area contributed by atoms with Crippen LogP contribution in [0.15, 0.2) is 52.9 Å². The Labute approximate surface area is 186 Å². The predicted molar refractivity (Wildman–Crippen MR) is 117 cm³/mol. The molecule has 0 aliphatic heterocycles. The van der Waals surface area contributed by atoms with E-state index in [0.29, 0.717) is 5.02 Å². The molecule has 3 rings (SSSR count). The molecule has 0 amide bonds. The molecule has 135 valence electrons. The maximum absolute atomic E-state index is 6.37. The van der Waals surface area contributed by atoms with Crippen LogP contribution in [0.3, 0.4) is 0 Å². The summed E-state index contributed by atoms with van der Waals surface area (Å²) >= 11 is 14.6. The molecule has 6 heteroatoms. The Bertz CT molecular complexity index is 821. The number of para-hydroxylation sites is 1. The molecule has 2 nitrogen and oxygen atoms in total. The van der Waals surface area contributed by atoms with E-state index in [1.165, 1.54) is 0 Å². The van der Waals surface area contributed by atoms with Crippen molar-refractivity contribution in [2.45, 2.75) is 6.42 Å². The molecule has 0 N–H and O–H groups in total. The van der Waals surface area contributed by atoms with Crippen molar-refractivity contribution in [2.75, 3.05) is 11.5 Å². The van der Waals surface area contributed by atoms with E-state index in [0.717, 1.165) is 44.8 Å². The third-order valence-electron chi connectivity index (χ3n) is 3.53. The zero-order valence-corrected chi connectivity index (χ0v) is 19.3. The van der Waals surface area contributed by atoms with Gasteiger partial charge in [0.05, 0.1) is 12.9 Å². The summed E-state index contributed by atoms with van der Waals surface area (Å²) in [6.45, 7) is 0. The number of methoxy groups -OCH3 is 1. The number of halogens is 3. The first-order valence-corrected chi connectivity index (χ1v) is 12.3. The van der Waals surface area contributed by atoms with Crippen molar-refractivity contribution in [1.82, 2.24) is 0 Å². The van der Waals surface area contributed by atoms with Gasteiger partial charge in [0.25, 0.3) is 0 Å². The van der Waals surface area contributed by atoms with E-state index in [4.69, 9.17) is 20.8 Å². The Balaban J connectivity index is 0.00000109. The van der Waals surface area contributed by atoms with E-state index in [9.17, 15) is 0 Å². The van der Waals surface area contributed by atoms with Crippen molar-refractivity contribution in [3.63, 3.8) is 0 Å². The van der Waals surface area contributed by atoms with E-state index in [-0.39, 0.29) is 0 Å². The summed E-state index contributed by atoms with van der Waals surface area (Å²) in [5.74, 6) is 2.36. The van der Waals surface area contributed by atoms with Crippen molar-refractivity contribution >= 4 is 54.5 Å². The fraction of sp³-hybridized carbons (Fsp3) is 0.158. The molecule has 0 saturated heterocycles. The topological polar surface area (TPSA) is 22.4 Å². The van der Waals surface area contributed by atoms with Gasteiger partial charge in [0.2, 0.25) is 0 Å². The summed E-state index contributed by atoms with van der Waals surface area (Å²) in [6, 6.07) is 18.9. The van der Waals surface area contributed by atoms with Crippen LogP contribution in [-0.2, 0) is 19.2 Å². The van der Waals surface area contributed by atoms with Crippen LogP contribution in [0.2, 0.25) is 5.02 Å². The van der Waals surface area contributed by atoms with E-state index >= 15 is 0 Å². The van der Waals surface area contributed by atoms with E-state index < -0.39 is 0 Å². The SMILES string of the molecule is COc1ccccc1-c1[c-]c(CCI)oc1-c1ccccc1Cl.[Cu+][I]. The zero-order chi connectivity index (χ0) is 18.2. The van der Waals surface area contributed by atoms with Gasteiger partial charge in [-0.15, -0.1) is 17.7 Å². The summed E-state index contributed by atoms with van der Waals surface area (Å²) in [4.78, 5) is 0. The van der Waals surface area contributed by atoms with Gasteiger partial charge in [-0.2, -0.15) is 0 Å². The van der Waals surface area contributed by atoms with Crippen LogP contribution in [0.25, 0.3) is 22.5 Å². The number of alkyl halides is 1. The first kappa shape index (κ1) is 21.1.